The highest BCUT2D eigenvalue weighted by molar-refractivity contribution is 5.93. The van der Waals surface area contributed by atoms with E-state index in [1.54, 1.807) is 6.08 Å². The molecule has 0 bridgehead atoms. The Morgan fingerprint density at radius 3 is 2.73 bits per heavy atom. The van der Waals surface area contributed by atoms with Crippen LogP contribution in [-0.4, -0.2) is 5.78 Å². The maximum Gasteiger partial charge on any atom is 0.156 e. The SMILES string of the molecule is CC=C1C(C)=CC(=O)CC1C. The van der Waals surface area contributed by atoms with E-state index in [1.165, 1.54) is 5.57 Å². The van der Waals surface area contributed by atoms with Gasteiger partial charge >= 0.3 is 0 Å². The lowest BCUT2D eigenvalue weighted by atomic mass is 9.85. The van der Waals surface area contributed by atoms with Crippen molar-refractivity contribution in [3.63, 3.8) is 0 Å². The summed E-state index contributed by atoms with van der Waals surface area (Å²) in [6.07, 6.45) is 4.52. The summed E-state index contributed by atoms with van der Waals surface area (Å²) in [5.41, 5.74) is 2.46. The zero-order chi connectivity index (χ0) is 8.43. The van der Waals surface area contributed by atoms with Gasteiger partial charge in [-0.1, -0.05) is 13.0 Å². The Hall–Kier alpha value is -0.850. The van der Waals surface area contributed by atoms with Crippen LogP contribution in [0.5, 0.6) is 0 Å². The second kappa shape index (κ2) is 3.04. The lowest BCUT2D eigenvalue weighted by Crippen LogP contribution is -2.13. The minimum absolute atomic E-state index is 0.264. The fourth-order valence-electron chi connectivity index (χ4n) is 1.70. The van der Waals surface area contributed by atoms with Gasteiger partial charge < -0.3 is 0 Å². The standard InChI is InChI=1S/C10H14O/c1-4-10-7(2)5-9(11)6-8(10)3/h4-5,8H,6H2,1-3H3. The monoisotopic (exact) mass is 150 g/mol. The Labute approximate surface area is 67.8 Å². The number of carbonyl (C=O) groups excluding carboxylic acids is 1. The van der Waals surface area contributed by atoms with Crippen molar-refractivity contribution in [1.82, 2.24) is 0 Å². The van der Waals surface area contributed by atoms with Gasteiger partial charge in [-0.25, -0.2) is 0 Å². The molecular formula is C10H14O. The molecule has 0 aromatic heterocycles. The van der Waals surface area contributed by atoms with E-state index >= 15 is 0 Å². The molecule has 1 aliphatic rings. The highest BCUT2D eigenvalue weighted by atomic mass is 16.1. The molecule has 0 aromatic rings. The quantitative estimate of drug-likeness (QED) is 0.518. The van der Waals surface area contributed by atoms with Crippen LogP contribution in [0.3, 0.4) is 0 Å². The topological polar surface area (TPSA) is 17.1 Å². The van der Waals surface area contributed by atoms with Crippen LogP contribution in [0.4, 0.5) is 0 Å². The number of rotatable bonds is 0. The van der Waals surface area contributed by atoms with Gasteiger partial charge in [-0.2, -0.15) is 0 Å². The minimum Gasteiger partial charge on any atom is -0.295 e. The fraction of sp³-hybridized carbons (Fsp3) is 0.500. The largest absolute Gasteiger partial charge is 0.295 e. The number of hydrogen-bond donors (Lipinski definition) is 0. The van der Waals surface area contributed by atoms with Gasteiger partial charge in [-0.15, -0.1) is 0 Å². The summed E-state index contributed by atoms with van der Waals surface area (Å²) < 4.78 is 0. The van der Waals surface area contributed by atoms with Crippen molar-refractivity contribution >= 4 is 5.78 Å². The first-order chi connectivity index (χ1) is 5.15. The number of allylic oxidation sites excluding steroid dienone is 4. The molecule has 0 heterocycles. The molecule has 0 radical (unpaired) electrons. The van der Waals surface area contributed by atoms with Crippen LogP contribution in [0.15, 0.2) is 23.3 Å². The van der Waals surface area contributed by atoms with Gasteiger partial charge in [0.05, 0.1) is 0 Å². The molecule has 1 heteroatoms. The first-order valence-electron chi connectivity index (χ1n) is 4.03. The third-order valence-electron chi connectivity index (χ3n) is 2.18. The molecule has 0 saturated carbocycles. The fourth-order valence-corrected chi connectivity index (χ4v) is 1.70. The van der Waals surface area contributed by atoms with E-state index in [0.717, 1.165) is 5.57 Å². The average Bonchev–Trinajstić information content (AvgIpc) is 1.85. The summed E-state index contributed by atoms with van der Waals surface area (Å²) in [5, 5.41) is 0. The van der Waals surface area contributed by atoms with E-state index in [2.05, 4.69) is 13.0 Å². The Balaban J connectivity index is 2.98. The predicted molar refractivity (Wildman–Crippen MR) is 46.3 cm³/mol. The van der Waals surface area contributed by atoms with Crippen molar-refractivity contribution < 1.29 is 4.79 Å². The van der Waals surface area contributed by atoms with Gasteiger partial charge in [-0.3, -0.25) is 4.79 Å². The van der Waals surface area contributed by atoms with E-state index in [9.17, 15) is 4.79 Å². The van der Waals surface area contributed by atoms with E-state index in [4.69, 9.17) is 0 Å². The Morgan fingerprint density at radius 1 is 1.64 bits per heavy atom. The molecule has 0 saturated heterocycles. The second-order valence-electron chi connectivity index (χ2n) is 3.14. The van der Waals surface area contributed by atoms with Crippen LogP contribution in [0.1, 0.15) is 27.2 Å². The van der Waals surface area contributed by atoms with Gasteiger partial charge in [-0.05, 0) is 37.0 Å². The van der Waals surface area contributed by atoms with E-state index < -0.39 is 0 Å². The molecular weight excluding hydrogens is 136 g/mol. The summed E-state index contributed by atoms with van der Waals surface area (Å²) in [6, 6.07) is 0. The normalized spacial score (nSPS) is 29.0. The lowest BCUT2D eigenvalue weighted by molar-refractivity contribution is -0.115. The molecule has 0 amide bonds. The third kappa shape index (κ3) is 1.59. The van der Waals surface area contributed by atoms with Gasteiger partial charge in [0.2, 0.25) is 0 Å². The first kappa shape index (κ1) is 8.25. The molecule has 0 aromatic carbocycles. The van der Waals surface area contributed by atoms with Crippen molar-refractivity contribution in [2.45, 2.75) is 27.2 Å². The summed E-state index contributed by atoms with van der Waals surface area (Å²) >= 11 is 0. The Bertz CT molecular complexity index is 233. The number of carbonyl (C=O) groups is 1. The van der Waals surface area contributed by atoms with Crippen molar-refractivity contribution in [2.24, 2.45) is 5.92 Å². The maximum absolute atomic E-state index is 11.0. The molecule has 1 rings (SSSR count). The molecule has 60 valence electrons. The zero-order valence-corrected chi connectivity index (χ0v) is 7.35. The smallest absolute Gasteiger partial charge is 0.156 e. The molecule has 1 atom stereocenters. The number of ketones is 1. The Morgan fingerprint density at radius 2 is 2.27 bits per heavy atom. The second-order valence-corrected chi connectivity index (χ2v) is 3.14. The minimum atomic E-state index is 0.264. The van der Waals surface area contributed by atoms with Crippen LogP contribution in [0.25, 0.3) is 0 Å². The van der Waals surface area contributed by atoms with Gasteiger partial charge in [0, 0.05) is 6.42 Å². The molecule has 1 unspecified atom stereocenters. The van der Waals surface area contributed by atoms with Gasteiger partial charge in [0.15, 0.2) is 5.78 Å². The molecule has 1 aliphatic carbocycles. The summed E-state index contributed by atoms with van der Waals surface area (Å²) in [5.74, 6) is 0.679. The van der Waals surface area contributed by atoms with E-state index in [0.29, 0.717) is 12.3 Å². The van der Waals surface area contributed by atoms with E-state index in [1.807, 2.05) is 13.8 Å². The van der Waals surface area contributed by atoms with Crippen molar-refractivity contribution in [3.05, 3.63) is 23.3 Å². The summed E-state index contributed by atoms with van der Waals surface area (Å²) in [6.45, 7) is 6.13. The molecule has 11 heavy (non-hydrogen) atoms. The average molecular weight is 150 g/mol. The summed E-state index contributed by atoms with van der Waals surface area (Å²) in [4.78, 5) is 11.0. The van der Waals surface area contributed by atoms with Gasteiger partial charge in [0.25, 0.3) is 0 Å². The summed E-state index contributed by atoms with van der Waals surface area (Å²) in [7, 11) is 0. The maximum atomic E-state index is 11.0. The van der Waals surface area contributed by atoms with Crippen LogP contribution in [0, 0.1) is 5.92 Å². The van der Waals surface area contributed by atoms with E-state index in [-0.39, 0.29) is 5.78 Å². The highest BCUT2D eigenvalue weighted by Crippen LogP contribution is 2.27. The van der Waals surface area contributed by atoms with Crippen LogP contribution in [-0.2, 0) is 4.79 Å². The van der Waals surface area contributed by atoms with Crippen LogP contribution >= 0.6 is 0 Å². The van der Waals surface area contributed by atoms with Crippen molar-refractivity contribution in [3.8, 4) is 0 Å². The molecule has 1 nitrogen and oxygen atoms in total. The third-order valence-corrected chi connectivity index (χ3v) is 2.18. The Kier molecular flexibility index (Phi) is 2.28. The van der Waals surface area contributed by atoms with Gasteiger partial charge in [0.1, 0.15) is 0 Å². The predicted octanol–water partition coefficient (Wildman–Crippen LogP) is 2.49. The van der Waals surface area contributed by atoms with Crippen molar-refractivity contribution in [1.29, 1.82) is 0 Å². The first-order valence-corrected chi connectivity index (χ1v) is 4.03. The molecule has 0 N–H and O–H groups in total. The number of hydrogen-bond acceptors (Lipinski definition) is 1. The lowest BCUT2D eigenvalue weighted by Gasteiger charge is -2.19. The molecule has 0 spiro atoms. The molecule has 0 fully saturated rings. The van der Waals surface area contributed by atoms with Crippen molar-refractivity contribution in [2.75, 3.05) is 0 Å². The van der Waals surface area contributed by atoms with Crippen LogP contribution in [0.2, 0.25) is 0 Å². The zero-order valence-electron chi connectivity index (χ0n) is 7.35. The highest BCUT2D eigenvalue weighted by Gasteiger charge is 2.18. The molecule has 0 aliphatic heterocycles. The van der Waals surface area contributed by atoms with Crippen LogP contribution < -0.4 is 0 Å².